The molecule has 0 aromatic heterocycles. The number of rotatable bonds is 5. The molecule has 0 aliphatic rings. The van der Waals surface area contributed by atoms with Gasteiger partial charge < -0.3 is 0 Å². The highest BCUT2D eigenvalue weighted by molar-refractivity contribution is 9.09. The summed E-state index contributed by atoms with van der Waals surface area (Å²) in [5.74, 6) is -0.622. The van der Waals surface area contributed by atoms with Gasteiger partial charge in [-0.25, -0.2) is 12.8 Å². The van der Waals surface area contributed by atoms with Gasteiger partial charge in [0.15, 0.2) is 0 Å². The molecule has 7 heteroatoms. The zero-order chi connectivity index (χ0) is 13.1. The van der Waals surface area contributed by atoms with E-state index in [1.54, 1.807) is 6.92 Å². The Morgan fingerprint density at radius 1 is 1.47 bits per heavy atom. The van der Waals surface area contributed by atoms with Crippen LogP contribution in [0.2, 0.25) is 5.02 Å². The van der Waals surface area contributed by atoms with Crippen molar-refractivity contribution in [2.45, 2.75) is 11.8 Å². The molecule has 1 aromatic carbocycles. The minimum absolute atomic E-state index is 0.0272. The number of nitrogens with zero attached hydrogens (tertiary/aromatic N) is 1. The van der Waals surface area contributed by atoms with Crippen molar-refractivity contribution in [1.29, 1.82) is 0 Å². The number of hydrogen-bond acceptors (Lipinski definition) is 2. The summed E-state index contributed by atoms with van der Waals surface area (Å²) < 4.78 is 38.7. The second kappa shape index (κ2) is 6.13. The van der Waals surface area contributed by atoms with Gasteiger partial charge in [-0.1, -0.05) is 34.5 Å². The van der Waals surface area contributed by atoms with Crippen molar-refractivity contribution in [3.05, 3.63) is 29.0 Å². The molecular formula is C10H12BrClFNO2S. The predicted octanol–water partition coefficient (Wildman–Crippen LogP) is 2.88. The summed E-state index contributed by atoms with van der Waals surface area (Å²) in [4.78, 5) is -0.193. The van der Waals surface area contributed by atoms with Crippen LogP contribution in [0.15, 0.2) is 23.1 Å². The average Bonchev–Trinajstić information content (AvgIpc) is 2.28. The molecular weight excluding hydrogens is 333 g/mol. The summed E-state index contributed by atoms with van der Waals surface area (Å²) >= 11 is 8.97. The van der Waals surface area contributed by atoms with Crippen LogP contribution in [0.25, 0.3) is 0 Å². The molecule has 96 valence electrons. The average molecular weight is 345 g/mol. The van der Waals surface area contributed by atoms with Crippen LogP contribution in [0, 0.1) is 5.82 Å². The Balaban J connectivity index is 3.24. The summed E-state index contributed by atoms with van der Waals surface area (Å²) in [6, 6.07) is 3.31. The van der Waals surface area contributed by atoms with Gasteiger partial charge in [-0.2, -0.15) is 4.31 Å². The third kappa shape index (κ3) is 3.40. The van der Waals surface area contributed by atoms with Gasteiger partial charge in [0.2, 0.25) is 10.0 Å². The molecule has 0 saturated carbocycles. The van der Waals surface area contributed by atoms with E-state index in [0.717, 1.165) is 12.1 Å². The van der Waals surface area contributed by atoms with Crippen LogP contribution < -0.4 is 0 Å². The Kier molecular flexibility index (Phi) is 5.37. The van der Waals surface area contributed by atoms with Gasteiger partial charge in [-0.15, -0.1) is 0 Å². The fourth-order valence-electron chi connectivity index (χ4n) is 1.36. The van der Waals surface area contributed by atoms with Gasteiger partial charge in [0.05, 0.1) is 5.02 Å². The van der Waals surface area contributed by atoms with Gasteiger partial charge in [-0.05, 0) is 18.2 Å². The van der Waals surface area contributed by atoms with Crippen molar-refractivity contribution < 1.29 is 12.8 Å². The van der Waals surface area contributed by atoms with E-state index in [9.17, 15) is 12.8 Å². The topological polar surface area (TPSA) is 37.4 Å². The molecule has 17 heavy (non-hydrogen) atoms. The molecule has 0 radical (unpaired) electrons. The lowest BCUT2D eigenvalue weighted by molar-refractivity contribution is 0.448. The molecule has 0 aliphatic carbocycles. The molecule has 0 aliphatic heterocycles. The molecule has 0 saturated heterocycles. The van der Waals surface area contributed by atoms with E-state index >= 15 is 0 Å². The quantitative estimate of drug-likeness (QED) is 0.770. The van der Waals surface area contributed by atoms with Crippen LogP contribution in [-0.4, -0.2) is 31.1 Å². The standard InChI is InChI=1S/C10H12BrClFNO2S/c1-2-14(6-5-11)17(15,16)10-7-8(13)3-4-9(10)12/h3-4,7H,2,5-6H2,1H3. The normalized spacial score (nSPS) is 12.1. The summed E-state index contributed by atoms with van der Waals surface area (Å²) in [6.07, 6.45) is 0. The number of hydrogen-bond donors (Lipinski definition) is 0. The van der Waals surface area contributed by atoms with Crippen molar-refractivity contribution in [3.8, 4) is 0 Å². The van der Waals surface area contributed by atoms with Crippen molar-refractivity contribution >= 4 is 37.6 Å². The second-order valence-corrected chi connectivity index (χ2v) is 6.37. The molecule has 1 rings (SSSR count). The number of halogens is 3. The lowest BCUT2D eigenvalue weighted by Gasteiger charge is -2.20. The predicted molar refractivity (Wildman–Crippen MR) is 69.6 cm³/mol. The van der Waals surface area contributed by atoms with Crippen LogP contribution >= 0.6 is 27.5 Å². The maximum absolute atomic E-state index is 13.1. The highest BCUT2D eigenvalue weighted by Crippen LogP contribution is 2.25. The Hall–Kier alpha value is -0.170. The smallest absolute Gasteiger partial charge is 0.207 e. The van der Waals surface area contributed by atoms with Crippen LogP contribution in [0.5, 0.6) is 0 Å². The largest absolute Gasteiger partial charge is 0.244 e. The lowest BCUT2D eigenvalue weighted by Crippen LogP contribution is -2.32. The molecule has 0 bridgehead atoms. The Labute approximate surface area is 114 Å². The van der Waals surface area contributed by atoms with Crippen molar-refractivity contribution in [3.63, 3.8) is 0 Å². The molecule has 0 atom stereocenters. The summed E-state index contributed by atoms with van der Waals surface area (Å²) in [6.45, 7) is 2.33. The maximum atomic E-state index is 13.1. The maximum Gasteiger partial charge on any atom is 0.244 e. The molecule has 1 aromatic rings. The first-order valence-electron chi connectivity index (χ1n) is 4.94. The van der Waals surface area contributed by atoms with Crippen LogP contribution in [0.3, 0.4) is 0 Å². The third-order valence-corrected chi connectivity index (χ3v) is 5.01. The number of sulfonamides is 1. The van der Waals surface area contributed by atoms with E-state index in [0.29, 0.717) is 18.4 Å². The first-order valence-corrected chi connectivity index (χ1v) is 7.88. The van der Waals surface area contributed by atoms with E-state index in [1.165, 1.54) is 10.4 Å². The summed E-state index contributed by atoms with van der Waals surface area (Å²) in [5.41, 5.74) is 0. The second-order valence-electron chi connectivity index (χ2n) is 3.26. The van der Waals surface area contributed by atoms with Gasteiger partial charge in [0.1, 0.15) is 10.7 Å². The first-order chi connectivity index (χ1) is 7.93. The van der Waals surface area contributed by atoms with E-state index in [4.69, 9.17) is 11.6 Å². The zero-order valence-corrected chi connectivity index (χ0v) is 12.3. The van der Waals surface area contributed by atoms with E-state index in [-0.39, 0.29) is 9.92 Å². The first kappa shape index (κ1) is 14.9. The number of alkyl halides is 1. The Bertz CT molecular complexity index is 495. The van der Waals surface area contributed by atoms with E-state index in [2.05, 4.69) is 15.9 Å². The van der Waals surface area contributed by atoms with Gasteiger partial charge in [0.25, 0.3) is 0 Å². The zero-order valence-electron chi connectivity index (χ0n) is 9.16. The fourth-order valence-corrected chi connectivity index (χ4v) is 3.96. The van der Waals surface area contributed by atoms with Crippen molar-refractivity contribution in [2.75, 3.05) is 18.4 Å². The Morgan fingerprint density at radius 3 is 2.65 bits per heavy atom. The highest BCUT2D eigenvalue weighted by Gasteiger charge is 2.25. The number of benzene rings is 1. The molecule has 0 N–H and O–H groups in total. The lowest BCUT2D eigenvalue weighted by atomic mass is 10.3. The SMILES string of the molecule is CCN(CCBr)S(=O)(=O)c1cc(F)ccc1Cl. The van der Waals surface area contributed by atoms with Gasteiger partial charge in [-0.3, -0.25) is 0 Å². The minimum Gasteiger partial charge on any atom is -0.207 e. The molecule has 3 nitrogen and oxygen atoms in total. The molecule has 0 fully saturated rings. The van der Waals surface area contributed by atoms with Gasteiger partial charge >= 0.3 is 0 Å². The van der Waals surface area contributed by atoms with Crippen LogP contribution in [0.4, 0.5) is 4.39 Å². The van der Waals surface area contributed by atoms with Crippen LogP contribution in [-0.2, 0) is 10.0 Å². The highest BCUT2D eigenvalue weighted by atomic mass is 79.9. The third-order valence-electron chi connectivity index (χ3n) is 2.20. The summed E-state index contributed by atoms with van der Waals surface area (Å²) in [5, 5.41) is 0.534. The minimum atomic E-state index is -3.74. The van der Waals surface area contributed by atoms with Gasteiger partial charge in [0, 0.05) is 18.4 Å². The van der Waals surface area contributed by atoms with Crippen molar-refractivity contribution in [1.82, 2.24) is 4.31 Å². The van der Waals surface area contributed by atoms with E-state index < -0.39 is 15.8 Å². The molecule has 0 unspecified atom stereocenters. The molecule has 0 amide bonds. The molecule has 0 heterocycles. The van der Waals surface area contributed by atoms with Crippen molar-refractivity contribution in [2.24, 2.45) is 0 Å². The summed E-state index contributed by atoms with van der Waals surface area (Å²) in [7, 11) is -3.74. The van der Waals surface area contributed by atoms with Crippen LogP contribution in [0.1, 0.15) is 6.92 Å². The van der Waals surface area contributed by atoms with E-state index in [1.807, 2.05) is 0 Å². The monoisotopic (exact) mass is 343 g/mol. The molecule has 0 spiro atoms. The Morgan fingerprint density at radius 2 is 2.12 bits per heavy atom. The fraction of sp³-hybridized carbons (Fsp3) is 0.400.